The van der Waals surface area contributed by atoms with Crippen molar-refractivity contribution in [3.05, 3.63) is 58.6 Å². The van der Waals surface area contributed by atoms with Crippen molar-refractivity contribution in [3.63, 3.8) is 0 Å². The molecule has 0 aromatic heterocycles. The predicted molar refractivity (Wildman–Crippen MR) is 116 cm³/mol. The molecule has 7 heteroatoms. The zero-order chi connectivity index (χ0) is 21.8. The number of halogens is 1. The smallest absolute Gasteiger partial charge is 0.253 e. The number of aliphatic hydroxyl groups is 1. The van der Waals surface area contributed by atoms with E-state index in [1.165, 1.54) is 0 Å². The number of nitrogens with one attached hydrogen (secondary N) is 1. The van der Waals surface area contributed by atoms with Crippen molar-refractivity contribution < 1.29 is 24.1 Å². The van der Waals surface area contributed by atoms with Crippen LogP contribution in [0.4, 0.5) is 0 Å². The van der Waals surface area contributed by atoms with Crippen molar-refractivity contribution in [2.45, 2.75) is 18.9 Å². The van der Waals surface area contributed by atoms with Gasteiger partial charge in [-0.25, -0.2) is 0 Å². The van der Waals surface area contributed by atoms with E-state index in [0.717, 1.165) is 5.56 Å². The minimum Gasteiger partial charge on any atom is -0.493 e. The SMILES string of the molecule is C#CCOC(C(=O)NCCc1ccc(OCCCO)c(OC)c1)c1ccc(Cl)cc1. The van der Waals surface area contributed by atoms with Crippen molar-refractivity contribution in [1.29, 1.82) is 0 Å². The molecule has 0 fully saturated rings. The summed E-state index contributed by atoms with van der Waals surface area (Å²) >= 11 is 5.92. The number of aliphatic hydroxyl groups excluding tert-OH is 1. The summed E-state index contributed by atoms with van der Waals surface area (Å²) in [6, 6.07) is 12.5. The maximum atomic E-state index is 12.6. The number of carbonyl (C=O) groups excluding carboxylic acids is 1. The van der Waals surface area contributed by atoms with Crippen LogP contribution < -0.4 is 14.8 Å². The zero-order valence-electron chi connectivity index (χ0n) is 16.9. The second-order valence-corrected chi connectivity index (χ2v) is 6.84. The van der Waals surface area contributed by atoms with E-state index in [0.29, 0.717) is 48.1 Å². The maximum Gasteiger partial charge on any atom is 0.253 e. The molecule has 6 nitrogen and oxygen atoms in total. The fourth-order valence-electron chi connectivity index (χ4n) is 2.75. The first-order valence-electron chi connectivity index (χ1n) is 9.57. The van der Waals surface area contributed by atoms with Crippen LogP contribution in [0.25, 0.3) is 0 Å². The summed E-state index contributed by atoms with van der Waals surface area (Å²) in [5.41, 5.74) is 1.66. The van der Waals surface area contributed by atoms with Crippen LogP contribution >= 0.6 is 11.6 Å². The van der Waals surface area contributed by atoms with Crippen LogP contribution in [0.2, 0.25) is 5.02 Å². The average molecular weight is 432 g/mol. The molecule has 0 bridgehead atoms. The van der Waals surface area contributed by atoms with Crippen LogP contribution in [0.3, 0.4) is 0 Å². The number of ether oxygens (including phenoxy) is 3. The van der Waals surface area contributed by atoms with Gasteiger partial charge in [0.05, 0.1) is 13.7 Å². The molecule has 0 aliphatic heterocycles. The van der Waals surface area contributed by atoms with Crippen molar-refractivity contribution in [2.75, 3.05) is 33.5 Å². The second-order valence-electron chi connectivity index (χ2n) is 6.40. The van der Waals surface area contributed by atoms with Gasteiger partial charge in [0, 0.05) is 24.6 Å². The molecule has 1 unspecified atom stereocenters. The molecule has 1 atom stereocenters. The molecule has 0 saturated heterocycles. The van der Waals surface area contributed by atoms with Crippen molar-refractivity contribution in [3.8, 4) is 23.8 Å². The Balaban J connectivity index is 1.95. The van der Waals surface area contributed by atoms with E-state index in [1.807, 2.05) is 18.2 Å². The molecule has 2 N–H and O–H groups in total. The van der Waals surface area contributed by atoms with Crippen LogP contribution in [0.5, 0.6) is 11.5 Å². The molecule has 0 heterocycles. The van der Waals surface area contributed by atoms with Gasteiger partial charge in [0.1, 0.15) is 6.61 Å². The number of benzene rings is 2. The van der Waals surface area contributed by atoms with Crippen LogP contribution in [0, 0.1) is 12.3 Å². The Morgan fingerprint density at radius 2 is 2.00 bits per heavy atom. The molecule has 160 valence electrons. The van der Waals surface area contributed by atoms with Gasteiger partial charge >= 0.3 is 0 Å². The molecular weight excluding hydrogens is 406 g/mol. The van der Waals surface area contributed by atoms with Crippen molar-refractivity contribution >= 4 is 17.5 Å². The van der Waals surface area contributed by atoms with Crippen LogP contribution in [0.15, 0.2) is 42.5 Å². The Labute approximate surface area is 182 Å². The van der Waals surface area contributed by atoms with Gasteiger partial charge in [0.2, 0.25) is 0 Å². The third kappa shape index (κ3) is 7.27. The van der Waals surface area contributed by atoms with Gasteiger partial charge in [-0.2, -0.15) is 0 Å². The van der Waals surface area contributed by atoms with Gasteiger partial charge in [-0.1, -0.05) is 35.7 Å². The lowest BCUT2D eigenvalue weighted by Crippen LogP contribution is -2.32. The molecule has 30 heavy (non-hydrogen) atoms. The monoisotopic (exact) mass is 431 g/mol. The summed E-state index contributed by atoms with van der Waals surface area (Å²) in [5, 5.41) is 12.3. The largest absolute Gasteiger partial charge is 0.493 e. The Hall–Kier alpha value is -2.72. The molecule has 0 radical (unpaired) electrons. The topological polar surface area (TPSA) is 77.0 Å². The zero-order valence-corrected chi connectivity index (χ0v) is 17.7. The Morgan fingerprint density at radius 3 is 2.67 bits per heavy atom. The number of terminal acetylenes is 1. The summed E-state index contributed by atoms with van der Waals surface area (Å²) in [6.07, 6.45) is 5.61. The van der Waals surface area contributed by atoms with E-state index >= 15 is 0 Å². The van der Waals surface area contributed by atoms with Crippen LogP contribution in [0.1, 0.15) is 23.7 Å². The summed E-state index contributed by atoms with van der Waals surface area (Å²) in [6.45, 7) is 0.917. The third-order valence-electron chi connectivity index (χ3n) is 4.25. The second kappa shape index (κ2) is 12.8. The number of amides is 1. The van der Waals surface area contributed by atoms with Gasteiger partial charge in [-0.05, 0) is 41.8 Å². The minimum atomic E-state index is -0.810. The van der Waals surface area contributed by atoms with E-state index in [1.54, 1.807) is 31.4 Å². The summed E-state index contributed by atoms with van der Waals surface area (Å²) in [4.78, 5) is 12.6. The Bertz CT molecular complexity index is 848. The number of carbonyl (C=O) groups is 1. The molecule has 0 saturated carbocycles. The number of rotatable bonds is 12. The molecule has 2 aromatic rings. The van der Waals surface area contributed by atoms with E-state index in [4.69, 9.17) is 37.3 Å². The molecule has 0 aliphatic rings. The van der Waals surface area contributed by atoms with Crippen molar-refractivity contribution in [1.82, 2.24) is 5.32 Å². The van der Waals surface area contributed by atoms with Gasteiger partial charge in [0.25, 0.3) is 5.91 Å². The standard InChI is InChI=1S/C23H26ClNO5/c1-3-14-30-22(18-6-8-19(24)9-7-18)23(27)25-12-11-17-5-10-20(21(16-17)28-2)29-15-4-13-26/h1,5-10,16,22,26H,4,11-15H2,2H3,(H,25,27). The highest BCUT2D eigenvalue weighted by atomic mass is 35.5. The highest BCUT2D eigenvalue weighted by Gasteiger charge is 2.21. The number of hydrogen-bond donors (Lipinski definition) is 2. The minimum absolute atomic E-state index is 0.0235. The van der Waals surface area contributed by atoms with E-state index in [2.05, 4.69) is 11.2 Å². The Kier molecular flexibility index (Phi) is 10.0. The first-order valence-corrected chi connectivity index (χ1v) is 9.95. The normalized spacial score (nSPS) is 11.4. The first-order chi connectivity index (χ1) is 14.6. The summed E-state index contributed by atoms with van der Waals surface area (Å²) < 4.78 is 16.5. The lowest BCUT2D eigenvalue weighted by Gasteiger charge is -2.17. The molecule has 1 amide bonds. The fraction of sp³-hybridized carbons (Fsp3) is 0.348. The quantitative estimate of drug-likeness (QED) is 0.399. The van der Waals surface area contributed by atoms with Gasteiger partial charge in [-0.3, -0.25) is 4.79 Å². The Morgan fingerprint density at radius 1 is 1.23 bits per heavy atom. The van der Waals surface area contributed by atoms with Gasteiger partial charge in [-0.15, -0.1) is 6.42 Å². The van der Waals surface area contributed by atoms with Crippen molar-refractivity contribution in [2.24, 2.45) is 0 Å². The summed E-state index contributed by atoms with van der Waals surface area (Å²) in [5.74, 6) is 3.33. The predicted octanol–water partition coefficient (Wildman–Crippen LogP) is 3.16. The number of methoxy groups -OCH3 is 1. The maximum absolute atomic E-state index is 12.6. The van der Waals surface area contributed by atoms with Crippen LogP contribution in [-0.4, -0.2) is 44.5 Å². The molecular formula is C23H26ClNO5. The fourth-order valence-corrected chi connectivity index (χ4v) is 2.87. The third-order valence-corrected chi connectivity index (χ3v) is 4.50. The highest BCUT2D eigenvalue weighted by Crippen LogP contribution is 2.28. The lowest BCUT2D eigenvalue weighted by atomic mass is 10.1. The molecule has 2 aromatic carbocycles. The molecule has 0 aliphatic carbocycles. The van der Waals surface area contributed by atoms with E-state index < -0.39 is 6.10 Å². The van der Waals surface area contributed by atoms with Crippen LogP contribution in [-0.2, 0) is 16.0 Å². The van der Waals surface area contributed by atoms with E-state index in [-0.39, 0.29) is 19.1 Å². The molecule has 0 spiro atoms. The lowest BCUT2D eigenvalue weighted by molar-refractivity contribution is -0.132. The average Bonchev–Trinajstić information content (AvgIpc) is 2.76. The molecule has 2 rings (SSSR count). The summed E-state index contributed by atoms with van der Waals surface area (Å²) in [7, 11) is 1.57. The highest BCUT2D eigenvalue weighted by molar-refractivity contribution is 6.30. The van der Waals surface area contributed by atoms with Gasteiger partial charge in [0.15, 0.2) is 17.6 Å². The number of hydrogen-bond acceptors (Lipinski definition) is 5. The van der Waals surface area contributed by atoms with Gasteiger partial charge < -0.3 is 24.6 Å². The first kappa shape index (κ1) is 23.6. The van der Waals surface area contributed by atoms with E-state index in [9.17, 15) is 4.79 Å².